The lowest BCUT2D eigenvalue weighted by Gasteiger charge is -2.06. The first-order chi connectivity index (χ1) is 13.8. The summed E-state index contributed by atoms with van der Waals surface area (Å²) in [6.45, 7) is 1.35. The summed E-state index contributed by atoms with van der Waals surface area (Å²) in [6.07, 6.45) is 0.887. The van der Waals surface area contributed by atoms with Gasteiger partial charge in [-0.2, -0.15) is 0 Å². The Bertz CT molecular complexity index is 1110. The number of benzene rings is 1. The van der Waals surface area contributed by atoms with Gasteiger partial charge in [0.1, 0.15) is 29.2 Å². The molecular formula is C17H11F2N3O5S2. The van der Waals surface area contributed by atoms with Gasteiger partial charge in [-0.3, -0.25) is 9.59 Å². The number of hydrogen-bond acceptors (Lipinski definition) is 9. The van der Waals surface area contributed by atoms with Crippen LogP contribution in [0.15, 0.2) is 44.1 Å². The number of rotatable bonds is 6. The van der Waals surface area contributed by atoms with Gasteiger partial charge in [-0.25, -0.2) is 13.6 Å². The van der Waals surface area contributed by atoms with Crippen LogP contribution in [0.3, 0.4) is 0 Å². The number of nitrogens with one attached hydrogen (secondary N) is 1. The fourth-order valence-corrected chi connectivity index (χ4v) is 3.72. The van der Waals surface area contributed by atoms with Gasteiger partial charge < -0.3 is 14.5 Å². The summed E-state index contributed by atoms with van der Waals surface area (Å²) in [4.78, 5) is 35.0. The number of carbonyl (C=O) groups is 2. The summed E-state index contributed by atoms with van der Waals surface area (Å²) in [5, 5.41) is 10.5. The molecule has 2 heterocycles. The maximum Gasteiger partial charge on any atom is 0.349 e. The Kier molecular flexibility index (Phi) is 6.34. The summed E-state index contributed by atoms with van der Waals surface area (Å²) >= 11 is 2.35. The fourth-order valence-electron chi connectivity index (χ4n) is 2.03. The highest BCUT2D eigenvalue weighted by atomic mass is 32.2. The van der Waals surface area contributed by atoms with Crippen molar-refractivity contribution in [2.45, 2.75) is 17.0 Å². The molecule has 8 nitrogen and oxygen atoms in total. The van der Waals surface area contributed by atoms with Crippen molar-refractivity contribution >= 4 is 40.1 Å². The van der Waals surface area contributed by atoms with Crippen molar-refractivity contribution in [1.82, 2.24) is 10.2 Å². The Hall–Kier alpha value is -3.12. The molecule has 3 rings (SSSR count). The van der Waals surface area contributed by atoms with Crippen molar-refractivity contribution < 1.29 is 27.5 Å². The molecule has 2 aromatic heterocycles. The molecule has 150 valence electrons. The van der Waals surface area contributed by atoms with E-state index in [0.29, 0.717) is 9.47 Å². The van der Waals surface area contributed by atoms with Gasteiger partial charge >= 0.3 is 5.97 Å². The number of anilines is 1. The number of thioether (sulfide) groups is 1. The number of halogens is 2. The van der Waals surface area contributed by atoms with E-state index in [2.05, 4.69) is 15.5 Å². The molecule has 1 aromatic carbocycles. The van der Waals surface area contributed by atoms with Crippen LogP contribution in [-0.2, 0) is 10.5 Å². The Morgan fingerprint density at radius 1 is 1.28 bits per heavy atom. The average molecular weight is 439 g/mol. The molecule has 0 bridgehead atoms. The van der Waals surface area contributed by atoms with Crippen molar-refractivity contribution in [2.24, 2.45) is 0 Å². The molecule has 0 aliphatic heterocycles. The SMILES string of the molecule is CC(=O)Nc1nnc(SCc2cc(=O)c(OC(=O)c3c(F)cccc3F)co2)s1. The largest absolute Gasteiger partial charge is 0.464 e. The van der Waals surface area contributed by atoms with Gasteiger partial charge in [-0.1, -0.05) is 29.2 Å². The third-order valence-corrected chi connectivity index (χ3v) is 5.24. The van der Waals surface area contributed by atoms with Gasteiger partial charge in [-0.15, -0.1) is 10.2 Å². The molecule has 0 saturated heterocycles. The predicted molar refractivity (Wildman–Crippen MR) is 100 cm³/mol. The summed E-state index contributed by atoms with van der Waals surface area (Å²) in [5.74, 6) is -3.90. The van der Waals surface area contributed by atoms with Crippen LogP contribution in [0.4, 0.5) is 13.9 Å². The standard InChI is InChI=1S/C17H11F2N3O5S2/c1-8(23)20-16-21-22-17(29-16)28-7-9-5-12(24)13(6-26-9)27-15(25)14-10(18)3-2-4-11(14)19/h2-6H,7H2,1H3,(H,20,21,23). The summed E-state index contributed by atoms with van der Waals surface area (Å²) < 4.78 is 37.8. The lowest BCUT2D eigenvalue weighted by atomic mass is 10.2. The monoisotopic (exact) mass is 439 g/mol. The molecule has 1 N–H and O–H groups in total. The molecule has 0 atom stereocenters. The third-order valence-electron chi connectivity index (χ3n) is 3.25. The topological polar surface area (TPSA) is 111 Å². The van der Waals surface area contributed by atoms with Gasteiger partial charge in [0.15, 0.2) is 4.34 Å². The average Bonchev–Trinajstić information content (AvgIpc) is 3.08. The van der Waals surface area contributed by atoms with Gasteiger partial charge in [0.05, 0.1) is 5.75 Å². The number of amides is 1. The Morgan fingerprint density at radius 3 is 2.66 bits per heavy atom. The second-order valence-corrected chi connectivity index (χ2v) is 7.60. The van der Waals surface area contributed by atoms with Crippen LogP contribution in [0.2, 0.25) is 0 Å². The quantitative estimate of drug-likeness (QED) is 0.354. The van der Waals surface area contributed by atoms with Gasteiger partial charge in [0.25, 0.3) is 0 Å². The zero-order chi connectivity index (χ0) is 21.0. The maximum atomic E-state index is 13.6. The van der Waals surface area contributed by atoms with Crippen LogP contribution in [-0.4, -0.2) is 22.1 Å². The van der Waals surface area contributed by atoms with E-state index in [0.717, 1.165) is 41.9 Å². The van der Waals surface area contributed by atoms with Crippen molar-refractivity contribution in [3.05, 3.63) is 63.7 Å². The Balaban J connectivity index is 1.66. The summed E-state index contributed by atoms with van der Waals surface area (Å²) in [7, 11) is 0. The minimum Gasteiger partial charge on any atom is -0.464 e. The van der Waals surface area contributed by atoms with Crippen LogP contribution >= 0.6 is 23.1 Å². The number of carbonyl (C=O) groups excluding carboxylic acids is 2. The van der Waals surface area contributed by atoms with E-state index in [-0.39, 0.29) is 17.4 Å². The molecule has 29 heavy (non-hydrogen) atoms. The summed E-state index contributed by atoms with van der Waals surface area (Å²) in [6, 6.07) is 3.98. The van der Waals surface area contributed by atoms with Crippen molar-refractivity contribution in [3.8, 4) is 5.75 Å². The van der Waals surface area contributed by atoms with Gasteiger partial charge in [0, 0.05) is 13.0 Å². The molecule has 3 aromatic rings. The Labute approximate surface area is 169 Å². The third kappa shape index (κ3) is 5.23. The normalized spacial score (nSPS) is 10.6. The number of nitrogens with zero attached hydrogens (tertiary/aromatic N) is 2. The van der Waals surface area contributed by atoms with Gasteiger partial charge in [0.2, 0.25) is 22.2 Å². The zero-order valence-electron chi connectivity index (χ0n) is 14.6. The molecule has 0 fully saturated rings. The number of aromatic nitrogens is 2. The highest BCUT2D eigenvalue weighted by molar-refractivity contribution is 8.00. The Morgan fingerprint density at radius 2 is 2.00 bits per heavy atom. The molecule has 0 unspecified atom stereocenters. The van der Waals surface area contributed by atoms with E-state index in [1.54, 1.807) is 0 Å². The number of esters is 1. The van der Waals surface area contributed by atoms with E-state index in [4.69, 9.17) is 9.15 Å². The van der Waals surface area contributed by atoms with Crippen LogP contribution in [0.5, 0.6) is 5.75 Å². The van der Waals surface area contributed by atoms with E-state index in [9.17, 15) is 23.2 Å². The highest BCUT2D eigenvalue weighted by Crippen LogP contribution is 2.28. The fraction of sp³-hybridized carbons (Fsp3) is 0.118. The first-order valence-corrected chi connectivity index (χ1v) is 9.65. The molecule has 0 spiro atoms. The molecule has 0 saturated carbocycles. The lowest BCUT2D eigenvalue weighted by Crippen LogP contribution is -2.17. The van der Waals surface area contributed by atoms with E-state index < -0.39 is 34.3 Å². The minimum absolute atomic E-state index is 0.208. The number of ether oxygens (including phenoxy) is 1. The lowest BCUT2D eigenvalue weighted by molar-refractivity contribution is -0.114. The highest BCUT2D eigenvalue weighted by Gasteiger charge is 2.20. The first kappa shape index (κ1) is 20.6. The van der Waals surface area contributed by atoms with Crippen molar-refractivity contribution in [1.29, 1.82) is 0 Å². The first-order valence-electron chi connectivity index (χ1n) is 7.85. The maximum absolute atomic E-state index is 13.6. The zero-order valence-corrected chi connectivity index (χ0v) is 16.2. The van der Waals surface area contributed by atoms with E-state index >= 15 is 0 Å². The second-order valence-electron chi connectivity index (χ2n) is 5.40. The van der Waals surface area contributed by atoms with Crippen LogP contribution in [0, 0.1) is 11.6 Å². The second kappa shape index (κ2) is 8.92. The van der Waals surface area contributed by atoms with Crippen LogP contribution < -0.4 is 15.5 Å². The van der Waals surface area contributed by atoms with Crippen LogP contribution in [0.1, 0.15) is 23.0 Å². The van der Waals surface area contributed by atoms with Crippen molar-refractivity contribution in [2.75, 3.05) is 5.32 Å². The molecule has 1 amide bonds. The smallest absolute Gasteiger partial charge is 0.349 e. The predicted octanol–water partition coefficient (Wildman–Crippen LogP) is 3.24. The van der Waals surface area contributed by atoms with E-state index in [1.165, 1.54) is 18.7 Å². The van der Waals surface area contributed by atoms with E-state index in [1.807, 2.05) is 0 Å². The summed E-state index contributed by atoms with van der Waals surface area (Å²) in [5.41, 5.74) is -1.61. The van der Waals surface area contributed by atoms with Crippen molar-refractivity contribution in [3.63, 3.8) is 0 Å². The molecule has 0 radical (unpaired) electrons. The molecule has 12 heteroatoms. The molecule has 0 aliphatic carbocycles. The molecule has 0 aliphatic rings. The molecular weight excluding hydrogens is 428 g/mol. The van der Waals surface area contributed by atoms with Crippen LogP contribution in [0.25, 0.3) is 0 Å². The number of hydrogen-bond donors (Lipinski definition) is 1. The minimum atomic E-state index is -1.35. The van der Waals surface area contributed by atoms with Gasteiger partial charge in [-0.05, 0) is 12.1 Å².